The second-order valence-corrected chi connectivity index (χ2v) is 5.49. The number of aliphatic imine (C=N–C) groups is 1. The van der Waals surface area contributed by atoms with Gasteiger partial charge in [-0.1, -0.05) is 24.3 Å². The van der Waals surface area contributed by atoms with Crippen molar-refractivity contribution in [1.29, 1.82) is 0 Å². The van der Waals surface area contributed by atoms with Crippen LogP contribution in [0.2, 0.25) is 0 Å². The first-order valence-electron chi connectivity index (χ1n) is 7.40. The van der Waals surface area contributed by atoms with Crippen molar-refractivity contribution in [1.82, 2.24) is 9.55 Å². The number of hydrogen-bond acceptors (Lipinski definition) is 7. The van der Waals surface area contributed by atoms with Gasteiger partial charge in [0.2, 0.25) is 5.95 Å². The van der Waals surface area contributed by atoms with Gasteiger partial charge >= 0.3 is 0 Å². The van der Waals surface area contributed by atoms with E-state index in [-0.39, 0.29) is 23.2 Å². The van der Waals surface area contributed by atoms with E-state index >= 15 is 0 Å². The van der Waals surface area contributed by atoms with Crippen LogP contribution in [-0.2, 0) is 0 Å². The Morgan fingerprint density at radius 1 is 1.20 bits per heavy atom. The number of guanidine groups is 1. The van der Waals surface area contributed by atoms with Crippen molar-refractivity contribution in [3.63, 3.8) is 0 Å². The number of nitrogens with one attached hydrogen (secondary N) is 1. The second-order valence-electron chi connectivity index (χ2n) is 5.49. The molecule has 4 rings (SSSR count). The third-order valence-corrected chi connectivity index (χ3v) is 3.95. The number of nitro benzene ring substituents is 1. The van der Waals surface area contributed by atoms with Gasteiger partial charge in [0.05, 0.1) is 15.8 Å². The van der Waals surface area contributed by atoms with E-state index in [1.807, 2.05) is 0 Å². The molecule has 1 atom stereocenters. The maximum Gasteiger partial charge on any atom is 0.282 e. The standard InChI is InChI=1S/C16H12N6O3/c17-15-18-13(9-4-3-5-10(8-9)22(24)25)21-12-7-2-1-6-11(12)14(23)19-16(21)20-15/h1-8,13H,(H3,17,18,19,20,23). The molecule has 1 aromatic heterocycles. The quantitative estimate of drug-likeness (QED) is 0.540. The van der Waals surface area contributed by atoms with Crippen molar-refractivity contribution < 1.29 is 4.92 Å². The molecule has 2 aromatic carbocycles. The molecule has 0 saturated heterocycles. The van der Waals surface area contributed by atoms with E-state index in [9.17, 15) is 14.9 Å². The number of fused-ring (bicyclic) bond motifs is 3. The molecule has 1 unspecified atom stereocenters. The summed E-state index contributed by atoms with van der Waals surface area (Å²) in [7, 11) is 0. The van der Waals surface area contributed by atoms with E-state index in [0.717, 1.165) is 0 Å². The lowest BCUT2D eigenvalue weighted by molar-refractivity contribution is -0.384. The Bertz CT molecular complexity index is 1100. The van der Waals surface area contributed by atoms with Crippen molar-refractivity contribution in [3.05, 3.63) is 74.6 Å². The SMILES string of the molecule is NC1=NC(c2cccc([N+](=O)[O-])c2)n2c(nc(=O)c3ccccc32)N1. The van der Waals surface area contributed by atoms with E-state index in [4.69, 9.17) is 5.73 Å². The number of benzene rings is 2. The maximum absolute atomic E-state index is 12.2. The molecule has 3 N–H and O–H groups in total. The average molecular weight is 336 g/mol. The Kier molecular flexibility index (Phi) is 3.21. The van der Waals surface area contributed by atoms with E-state index in [1.54, 1.807) is 41.0 Å². The molecule has 1 aliphatic rings. The van der Waals surface area contributed by atoms with Gasteiger partial charge in [-0.2, -0.15) is 4.98 Å². The van der Waals surface area contributed by atoms with Crippen LogP contribution < -0.4 is 16.6 Å². The molecule has 0 fully saturated rings. The largest absolute Gasteiger partial charge is 0.370 e. The van der Waals surface area contributed by atoms with Crippen LogP contribution in [0.4, 0.5) is 11.6 Å². The van der Waals surface area contributed by atoms with Crippen LogP contribution in [0.25, 0.3) is 10.9 Å². The fourth-order valence-corrected chi connectivity index (χ4v) is 2.88. The molecule has 2 heterocycles. The minimum absolute atomic E-state index is 0.0512. The number of rotatable bonds is 2. The smallest absolute Gasteiger partial charge is 0.282 e. The number of aromatic nitrogens is 2. The van der Waals surface area contributed by atoms with Crippen LogP contribution in [0.1, 0.15) is 11.7 Å². The molecule has 0 amide bonds. The number of nitro groups is 1. The number of anilines is 1. The first kappa shape index (κ1) is 14.8. The highest BCUT2D eigenvalue weighted by Crippen LogP contribution is 2.31. The van der Waals surface area contributed by atoms with Crippen molar-refractivity contribution in [2.75, 3.05) is 5.32 Å². The normalized spacial score (nSPS) is 16.0. The van der Waals surface area contributed by atoms with Crippen molar-refractivity contribution >= 4 is 28.5 Å². The summed E-state index contributed by atoms with van der Waals surface area (Å²) in [5.74, 6) is 0.325. The summed E-state index contributed by atoms with van der Waals surface area (Å²) in [5, 5.41) is 14.3. The van der Waals surface area contributed by atoms with Gasteiger partial charge in [-0.05, 0) is 12.1 Å². The summed E-state index contributed by atoms with van der Waals surface area (Å²) in [4.78, 5) is 31.2. The van der Waals surface area contributed by atoms with Gasteiger partial charge in [-0.3, -0.25) is 24.8 Å². The highest BCUT2D eigenvalue weighted by molar-refractivity contribution is 5.93. The molecule has 0 bridgehead atoms. The molecule has 0 saturated carbocycles. The first-order chi connectivity index (χ1) is 12.0. The van der Waals surface area contributed by atoms with Crippen LogP contribution in [0.15, 0.2) is 58.3 Å². The fourth-order valence-electron chi connectivity index (χ4n) is 2.88. The maximum atomic E-state index is 12.2. The van der Waals surface area contributed by atoms with Crippen molar-refractivity contribution in [2.45, 2.75) is 6.17 Å². The average Bonchev–Trinajstić information content (AvgIpc) is 2.61. The second kappa shape index (κ2) is 5.41. The third kappa shape index (κ3) is 2.38. The fraction of sp³-hybridized carbons (Fsp3) is 0.0625. The zero-order valence-corrected chi connectivity index (χ0v) is 12.8. The van der Waals surface area contributed by atoms with Crippen LogP contribution in [0, 0.1) is 10.1 Å². The summed E-state index contributed by atoms with van der Waals surface area (Å²) in [5.41, 5.74) is 6.55. The Morgan fingerprint density at radius 3 is 2.80 bits per heavy atom. The van der Waals surface area contributed by atoms with Gasteiger partial charge in [-0.25, -0.2) is 4.99 Å². The number of hydrogen-bond donors (Lipinski definition) is 2. The Balaban J connectivity index is 2.01. The minimum Gasteiger partial charge on any atom is -0.370 e. The molecular formula is C16H12N6O3. The van der Waals surface area contributed by atoms with Gasteiger partial charge < -0.3 is 5.73 Å². The molecule has 1 aliphatic heterocycles. The van der Waals surface area contributed by atoms with E-state index in [2.05, 4.69) is 15.3 Å². The van der Waals surface area contributed by atoms with Gasteiger partial charge in [-0.15, -0.1) is 0 Å². The zero-order valence-electron chi connectivity index (χ0n) is 12.8. The van der Waals surface area contributed by atoms with Crippen molar-refractivity contribution in [2.24, 2.45) is 10.7 Å². The van der Waals surface area contributed by atoms with Crippen LogP contribution in [-0.4, -0.2) is 20.4 Å². The molecule has 0 spiro atoms. The van der Waals surface area contributed by atoms with Gasteiger partial charge in [0.1, 0.15) is 0 Å². The Hall–Kier alpha value is -3.75. The minimum atomic E-state index is -0.672. The predicted octanol–water partition coefficient (Wildman–Crippen LogP) is 1.59. The number of nitrogens with two attached hydrogens (primary N) is 1. The van der Waals surface area contributed by atoms with Gasteiger partial charge in [0.15, 0.2) is 12.1 Å². The Labute approximate surface area is 140 Å². The molecule has 0 aliphatic carbocycles. The van der Waals surface area contributed by atoms with E-state index < -0.39 is 11.1 Å². The molecule has 0 radical (unpaired) electrons. The van der Waals surface area contributed by atoms with Crippen LogP contribution >= 0.6 is 0 Å². The molecule has 9 heteroatoms. The molecule has 25 heavy (non-hydrogen) atoms. The summed E-state index contributed by atoms with van der Waals surface area (Å²) in [6.45, 7) is 0. The highest BCUT2D eigenvalue weighted by Gasteiger charge is 2.25. The summed E-state index contributed by atoms with van der Waals surface area (Å²) < 4.78 is 1.70. The van der Waals surface area contributed by atoms with Crippen molar-refractivity contribution in [3.8, 4) is 0 Å². The number of nitrogens with zero attached hydrogens (tertiary/aromatic N) is 4. The van der Waals surface area contributed by atoms with Crippen LogP contribution in [0.5, 0.6) is 0 Å². The lowest BCUT2D eigenvalue weighted by atomic mass is 10.1. The topological polar surface area (TPSA) is 128 Å². The lowest BCUT2D eigenvalue weighted by Gasteiger charge is -2.27. The van der Waals surface area contributed by atoms with Crippen LogP contribution in [0.3, 0.4) is 0 Å². The van der Waals surface area contributed by atoms with Gasteiger partial charge in [0.25, 0.3) is 11.2 Å². The third-order valence-electron chi connectivity index (χ3n) is 3.95. The molecular weight excluding hydrogens is 324 g/mol. The number of para-hydroxylation sites is 1. The predicted molar refractivity (Wildman–Crippen MR) is 92.5 cm³/mol. The highest BCUT2D eigenvalue weighted by atomic mass is 16.6. The first-order valence-corrected chi connectivity index (χ1v) is 7.40. The Morgan fingerprint density at radius 2 is 2.00 bits per heavy atom. The van der Waals surface area contributed by atoms with E-state index in [0.29, 0.717) is 16.5 Å². The summed E-state index contributed by atoms with van der Waals surface area (Å²) >= 11 is 0. The molecule has 9 nitrogen and oxygen atoms in total. The summed E-state index contributed by atoms with van der Waals surface area (Å²) in [6, 6.07) is 13.1. The number of non-ortho nitro benzene ring substituents is 1. The molecule has 124 valence electrons. The zero-order chi connectivity index (χ0) is 17.6. The lowest BCUT2D eigenvalue weighted by Crippen LogP contribution is -2.34. The summed E-state index contributed by atoms with van der Waals surface area (Å²) in [6.07, 6.45) is -0.672. The monoisotopic (exact) mass is 336 g/mol. The molecule has 3 aromatic rings. The van der Waals surface area contributed by atoms with Gasteiger partial charge in [0, 0.05) is 17.7 Å². The van der Waals surface area contributed by atoms with E-state index in [1.165, 1.54) is 12.1 Å².